The summed E-state index contributed by atoms with van der Waals surface area (Å²) in [7, 11) is 0. The third-order valence-corrected chi connectivity index (χ3v) is 3.52. The number of aryl methyl sites for hydroxylation is 1. The minimum absolute atomic E-state index is 0.308. The van der Waals surface area contributed by atoms with Gasteiger partial charge in [-0.05, 0) is 49.7 Å². The molecule has 1 aromatic rings. The number of rotatable bonds is 7. The Morgan fingerprint density at radius 1 is 1.38 bits per heavy atom. The smallest absolute Gasteiger partial charge is 0.0462 e. The fourth-order valence-corrected chi connectivity index (χ4v) is 2.40. The molecule has 1 atom stereocenters. The van der Waals surface area contributed by atoms with E-state index in [-0.39, 0.29) is 0 Å². The molecule has 1 N–H and O–H groups in total. The summed E-state index contributed by atoms with van der Waals surface area (Å²) in [6, 6.07) is 8.59. The summed E-state index contributed by atoms with van der Waals surface area (Å²) < 4.78 is 0. The fraction of sp³-hybridized carbons (Fsp3) is 0.571. The van der Waals surface area contributed by atoms with Crippen LogP contribution in [0, 0.1) is 12.8 Å². The predicted molar refractivity (Wildman–Crippen MR) is 73.1 cm³/mol. The third kappa shape index (κ3) is 5.04. The Balaban J connectivity index is 2.43. The van der Waals surface area contributed by atoms with Gasteiger partial charge in [0.15, 0.2) is 0 Å². The molecule has 1 nitrogen and oxygen atoms in total. The van der Waals surface area contributed by atoms with E-state index in [1.165, 1.54) is 23.3 Å². The molecule has 1 aromatic carbocycles. The van der Waals surface area contributed by atoms with Crippen molar-refractivity contribution in [3.63, 3.8) is 0 Å². The highest BCUT2D eigenvalue weighted by Crippen LogP contribution is 2.16. The van der Waals surface area contributed by atoms with Gasteiger partial charge in [-0.1, -0.05) is 29.8 Å². The van der Waals surface area contributed by atoms with Gasteiger partial charge in [-0.2, -0.15) is 11.8 Å². The van der Waals surface area contributed by atoms with Gasteiger partial charge in [0.1, 0.15) is 0 Å². The summed E-state index contributed by atoms with van der Waals surface area (Å²) in [6.45, 7) is 2.42. The molecule has 0 amide bonds. The van der Waals surface area contributed by atoms with Crippen LogP contribution in [0.3, 0.4) is 0 Å². The van der Waals surface area contributed by atoms with Gasteiger partial charge in [0, 0.05) is 6.61 Å². The molecule has 0 radical (unpaired) electrons. The molecular weight excluding hydrogens is 216 g/mol. The van der Waals surface area contributed by atoms with Crippen LogP contribution in [-0.4, -0.2) is 23.7 Å². The van der Waals surface area contributed by atoms with Crippen LogP contribution < -0.4 is 0 Å². The van der Waals surface area contributed by atoms with E-state index in [9.17, 15) is 5.11 Å². The maximum absolute atomic E-state index is 9.35. The highest BCUT2D eigenvalue weighted by atomic mass is 32.2. The fourth-order valence-electron chi connectivity index (χ4n) is 1.95. The summed E-state index contributed by atoms with van der Waals surface area (Å²) in [5.41, 5.74) is 2.65. The highest BCUT2D eigenvalue weighted by Gasteiger charge is 2.08. The molecule has 0 bridgehead atoms. The maximum Gasteiger partial charge on any atom is 0.0462 e. The molecule has 90 valence electrons. The second-order valence-electron chi connectivity index (χ2n) is 4.38. The lowest BCUT2D eigenvalue weighted by atomic mass is 9.95. The summed E-state index contributed by atoms with van der Waals surface area (Å²) >= 11 is 1.88. The SMILES string of the molecule is CSCCCC(CO)Cc1cccc(C)c1. The zero-order valence-corrected chi connectivity index (χ0v) is 11.1. The monoisotopic (exact) mass is 238 g/mol. The van der Waals surface area contributed by atoms with E-state index >= 15 is 0 Å². The number of hydrogen-bond acceptors (Lipinski definition) is 2. The summed E-state index contributed by atoms with van der Waals surface area (Å²) in [6.07, 6.45) is 5.48. The van der Waals surface area contributed by atoms with Gasteiger partial charge in [-0.15, -0.1) is 0 Å². The van der Waals surface area contributed by atoms with Gasteiger partial charge < -0.3 is 5.11 Å². The lowest BCUT2D eigenvalue weighted by Crippen LogP contribution is -2.10. The van der Waals surface area contributed by atoms with Crippen LogP contribution >= 0.6 is 11.8 Å². The number of aliphatic hydroxyl groups excluding tert-OH is 1. The van der Waals surface area contributed by atoms with Crippen molar-refractivity contribution in [1.82, 2.24) is 0 Å². The minimum Gasteiger partial charge on any atom is -0.396 e. The molecule has 0 fully saturated rings. The van der Waals surface area contributed by atoms with Crippen molar-refractivity contribution in [3.8, 4) is 0 Å². The predicted octanol–water partition coefficient (Wildman–Crippen LogP) is 3.29. The first kappa shape index (κ1) is 13.6. The Labute approximate surface area is 103 Å². The average molecular weight is 238 g/mol. The molecule has 16 heavy (non-hydrogen) atoms. The van der Waals surface area contributed by atoms with E-state index in [1.807, 2.05) is 11.8 Å². The Kier molecular flexibility index (Phi) is 6.58. The van der Waals surface area contributed by atoms with E-state index in [4.69, 9.17) is 0 Å². The Bertz CT molecular complexity index is 299. The van der Waals surface area contributed by atoms with Crippen LogP contribution in [0.1, 0.15) is 24.0 Å². The van der Waals surface area contributed by atoms with Crippen molar-refractivity contribution in [3.05, 3.63) is 35.4 Å². The van der Waals surface area contributed by atoms with Gasteiger partial charge in [0.25, 0.3) is 0 Å². The Morgan fingerprint density at radius 2 is 2.19 bits per heavy atom. The van der Waals surface area contributed by atoms with Gasteiger partial charge in [0.05, 0.1) is 0 Å². The van der Waals surface area contributed by atoms with Gasteiger partial charge in [-0.3, -0.25) is 0 Å². The topological polar surface area (TPSA) is 20.2 Å². The van der Waals surface area contributed by atoms with Gasteiger partial charge in [0.2, 0.25) is 0 Å². The van der Waals surface area contributed by atoms with Crippen LogP contribution in [0.15, 0.2) is 24.3 Å². The second kappa shape index (κ2) is 7.75. The summed E-state index contributed by atoms with van der Waals surface area (Å²) in [4.78, 5) is 0. The summed E-state index contributed by atoms with van der Waals surface area (Å²) in [5, 5.41) is 9.35. The van der Waals surface area contributed by atoms with Crippen molar-refractivity contribution in [2.24, 2.45) is 5.92 Å². The van der Waals surface area contributed by atoms with Crippen LogP contribution in [-0.2, 0) is 6.42 Å². The van der Waals surface area contributed by atoms with Crippen molar-refractivity contribution in [2.45, 2.75) is 26.2 Å². The maximum atomic E-state index is 9.35. The molecule has 1 unspecified atom stereocenters. The van der Waals surface area contributed by atoms with Gasteiger partial charge >= 0.3 is 0 Å². The number of aliphatic hydroxyl groups is 1. The summed E-state index contributed by atoms with van der Waals surface area (Å²) in [5.74, 6) is 1.62. The van der Waals surface area contributed by atoms with Crippen molar-refractivity contribution >= 4 is 11.8 Å². The Hall–Kier alpha value is -0.470. The molecule has 0 aliphatic carbocycles. The van der Waals surface area contributed by atoms with E-state index in [0.717, 1.165) is 12.8 Å². The third-order valence-electron chi connectivity index (χ3n) is 2.83. The molecule has 0 heterocycles. The molecule has 0 spiro atoms. The number of thioether (sulfide) groups is 1. The molecule has 0 aliphatic rings. The zero-order valence-electron chi connectivity index (χ0n) is 10.3. The molecule has 0 aromatic heterocycles. The standard InChI is InChI=1S/C14H22OS/c1-12-5-3-6-13(9-12)10-14(11-15)7-4-8-16-2/h3,5-6,9,14-15H,4,7-8,10-11H2,1-2H3. The average Bonchev–Trinajstić information content (AvgIpc) is 2.28. The van der Waals surface area contributed by atoms with Gasteiger partial charge in [-0.25, -0.2) is 0 Å². The largest absolute Gasteiger partial charge is 0.396 e. The van der Waals surface area contributed by atoms with E-state index in [2.05, 4.69) is 37.4 Å². The molecule has 1 rings (SSSR count). The van der Waals surface area contributed by atoms with Crippen molar-refractivity contribution in [1.29, 1.82) is 0 Å². The molecule has 0 saturated heterocycles. The number of benzene rings is 1. The first-order valence-electron chi connectivity index (χ1n) is 5.91. The molecular formula is C14H22OS. The van der Waals surface area contributed by atoms with Crippen LogP contribution in [0.4, 0.5) is 0 Å². The zero-order chi connectivity index (χ0) is 11.8. The minimum atomic E-state index is 0.308. The van der Waals surface area contributed by atoms with E-state index in [1.54, 1.807) is 0 Å². The lowest BCUT2D eigenvalue weighted by molar-refractivity contribution is 0.217. The van der Waals surface area contributed by atoms with E-state index < -0.39 is 0 Å². The van der Waals surface area contributed by atoms with Crippen LogP contribution in [0.5, 0.6) is 0 Å². The number of hydrogen-bond donors (Lipinski definition) is 1. The van der Waals surface area contributed by atoms with Crippen LogP contribution in [0.2, 0.25) is 0 Å². The van der Waals surface area contributed by atoms with E-state index in [0.29, 0.717) is 12.5 Å². The quantitative estimate of drug-likeness (QED) is 0.736. The Morgan fingerprint density at radius 3 is 2.81 bits per heavy atom. The normalized spacial score (nSPS) is 12.7. The highest BCUT2D eigenvalue weighted by molar-refractivity contribution is 7.98. The molecule has 0 aliphatic heterocycles. The molecule has 0 saturated carbocycles. The lowest BCUT2D eigenvalue weighted by Gasteiger charge is -2.14. The first-order chi connectivity index (χ1) is 7.76. The van der Waals surface area contributed by atoms with Crippen LogP contribution in [0.25, 0.3) is 0 Å². The molecule has 2 heteroatoms. The van der Waals surface area contributed by atoms with Crippen molar-refractivity contribution in [2.75, 3.05) is 18.6 Å². The second-order valence-corrected chi connectivity index (χ2v) is 5.36. The van der Waals surface area contributed by atoms with Crippen molar-refractivity contribution < 1.29 is 5.11 Å². The first-order valence-corrected chi connectivity index (χ1v) is 7.31.